The van der Waals surface area contributed by atoms with Crippen LogP contribution in [-0.2, 0) is 11.3 Å². The molecule has 2 aliphatic heterocycles. The fourth-order valence-corrected chi connectivity index (χ4v) is 3.27. The normalized spacial score (nSPS) is 30.1. The highest BCUT2D eigenvalue weighted by Gasteiger charge is 2.61. The van der Waals surface area contributed by atoms with Gasteiger partial charge in [-0.3, -0.25) is 0 Å². The Balaban J connectivity index is 1.98. The second kappa shape index (κ2) is 3.11. The van der Waals surface area contributed by atoms with E-state index in [4.69, 9.17) is 10.5 Å². The summed E-state index contributed by atoms with van der Waals surface area (Å²) in [6.07, 6.45) is 0. The summed E-state index contributed by atoms with van der Waals surface area (Å²) in [6.45, 7) is 4.12. The molecule has 0 amide bonds. The number of benzene rings is 2. The van der Waals surface area contributed by atoms with Crippen molar-refractivity contribution in [3.05, 3.63) is 59.2 Å². The van der Waals surface area contributed by atoms with Crippen LogP contribution in [0.15, 0.2) is 42.5 Å². The molecule has 3 nitrogen and oxygen atoms in total. The lowest BCUT2D eigenvalue weighted by Crippen LogP contribution is -2.54. The summed E-state index contributed by atoms with van der Waals surface area (Å²) in [5.74, 6) is 0.881. The minimum absolute atomic E-state index is 0.556. The molecule has 3 N–H and O–H groups in total. The van der Waals surface area contributed by atoms with Gasteiger partial charge in [0.1, 0.15) is 5.75 Å². The fourth-order valence-electron chi connectivity index (χ4n) is 3.27. The van der Waals surface area contributed by atoms with Crippen LogP contribution in [0.25, 0.3) is 0 Å². The van der Waals surface area contributed by atoms with E-state index in [1.807, 2.05) is 18.2 Å². The average molecular weight is 252 g/mol. The monoisotopic (exact) mass is 252 g/mol. The Kier molecular flexibility index (Phi) is 1.78. The lowest BCUT2D eigenvalue weighted by molar-refractivity contribution is 0.0579. The molecule has 0 saturated heterocycles. The quantitative estimate of drug-likeness (QED) is 0.758. The molecule has 0 radical (unpaired) electrons. The van der Waals surface area contributed by atoms with Crippen LogP contribution in [-0.4, -0.2) is 0 Å². The van der Waals surface area contributed by atoms with Crippen LogP contribution in [0.3, 0.4) is 0 Å². The molecule has 0 aromatic heterocycles. The van der Waals surface area contributed by atoms with Crippen molar-refractivity contribution in [3.8, 4) is 5.75 Å². The maximum Gasteiger partial charge on any atom is 0.174 e. The standard InChI is InChI=1S/C16H16N2O/c1-10-7-8-12-14(9-10)19-15(2)11-5-3-4-6-13(11)18-16(12,15)17/h3-9,18H,17H2,1-2H3/t15-,16-/m0/s1. The summed E-state index contributed by atoms with van der Waals surface area (Å²) in [6, 6.07) is 14.4. The van der Waals surface area contributed by atoms with Gasteiger partial charge in [-0.2, -0.15) is 0 Å². The van der Waals surface area contributed by atoms with E-state index in [2.05, 4.69) is 43.4 Å². The Hall–Kier alpha value is -2.00. The zero-order chi connectivity index (χ0) is 13.3. The SMILES string of the molecule is Cc1ccc2c(c1)O[C@@]1(C)c3ccccc3N[C@@]21N. The van der Waals surface area contributed by atoms with Crippen molar-refractivity contribution in [1.29, 1.82) is 0 Å². The molecule has 96 valence electrons. The van der Waals surface area contributed by atoms with E-state index in [9.17, 15) is 0 Å². The minimum Gasteiger partial charge on any atom is -0.478 e. The van der Waals surface area contributed by atoms with Gasteiger partial charge in [0.15, 0.2) is 11.3 Å². The second-order valence-corrected chi connectivity index (χ2v) is 5.61. The molecule has 4 rings (SSSR count). The lowest BCUT2D eigenvalue weighted by Gasteiger charge is -2.33. The molecule has 0 unspecified atom stereocenters. The first-order valence-electron chi connectivity index (χ1n) is 6.51. The molecule has 2 heterocycles. The number of nitrogens with one attached hydrogen (secondary N) is 1. The number of rotatable bonds is 0. The molecular formula is C16H16N2O. The van der Waals surface area contributed by atoms with Crippen molar-refractivity contribution in [1.82, 2.24) is 0 Å². The first-order chi connectivity index (χ1) is 9.04. The van der Waals surface area contributed by atoms with Gasteiger partial charge in [0.25, 0.3) is 0 Å². The van der Waals surface area contributed by atoms with E-state index in [0.717, 1.165) is 22.6 Å². The van der Waals surface area contributed by atoms with Crippen molar-refractivity contribution in [2.75, 3.05) is 5.32 Å². The van der Waals surface area contributed by atoms with Gasteiger partial charge in [-0.05, 0) is 31.5 Å². The number of hydrogen-bond acceptors (Lipinski definition) is 3. The largest absolute Gasteiger partial charge is 0.478 e. The summed E-state index contributed by atoms with van der Waals surface area (Å²) < 4.78 is 6.24. The molecule has 0 aliphatic carbocycles. The molecule has 0 fully saturated rings. The predicted molar refractivity (Wildman–Crippen MR) is 75.1 cm³/mol. The smallest absolute Gasteiger partial charge is 0.174 e. The number of fused-ring (bicyclic) bond motifs is 5. The summed E-state index contributed by atoms with van der Waals surface area (Å²) in [4.78, 5) is 0. The Morgan fingerprint density at radius 2 is 1.89 bits per heavy atom. The summed E-state index contributed by atoms with van der Waals surface area (Å²) in [5.41, 5.74) is 9.80. The van der Waals surface area contributed by atoms with E-state index >= 15 is 0 Å². The molecule has 2 aromatic rings. The van der Waals surface area contributed by atoms with E-state index in [1.54, 1.807) is 0 Å². The van der Waals surface area contributed by atoms with Crippen molar-refractivity contribution >= 4 is 5.69 Å². The third kappa shape index (κ3) is 1.12. The van der Waals surface area contributed by atoms with Crippen LogP contribution in [0.5, 0.6) is 5.75 Å². The number of para-hydroxylation sites is 1. The summed E-state index contributed by atoms with van der Waals surface area (Å²) in [5, 5.41) is 3.44. The van der Waals surface area contributed by atoms with Gasteiger partial charge in [0.2, 0.25) is 0 Å². The Morgan fingerprint density at radius 3 is 2.74 bits per heavy atom. The maximum atomic E-state index is 6.67. The Bertz CT molecular complexity index is 697. The predicted octanol–water partition coefficient (Wildman–Crippen LogP) is 2.84. The number of nitrogens with two attached hydrogens (primary N) is 1. The Morgan fingerprint density at radius 1 is 1.11 bits per heavy atom. The third-order valence-corrected chi connectivity index (χ3v) is 4.40. The second-order valence-electron chi connectivity index (χ2n) is 5.61. The van der Waals surface area contributed by atoms with Gasteiger partial charge < -0.3 is 15.8 Å². The molecule has 0 bridgehead atoms. The number of ether oxygens (including phenoxy) is 1. The van der Waals surface area contributed by atoms with Crippen LogP contribution in [0.4, 0.5) is 5.69 Å². The van der Waals surface area contributed by atoms with Crippen LogP contribution in [0.1, 0.15) is 23.6 Å². The van der Waals surface area contributed by atoms with Gasteiger partial charge >= 0.3 is 0 Å². The first-order valence-corrected chi connectivity index (χ1v) is 6.51. The van der Waals surface area contributed by atoms with E-state index in [1.165, 1.54) is 5.56 Å². The molecular weight excluding hydrogens is 236 g/mol. The van der Waals surface area contributed by atoms with E-state index < -0.39 is 11.3 Å². The first kappa shape index (κ1) is 10.9. The van der Waals surface area contributed by atoms with Crippen molar-refractivity contribution in [2.45, 2.75) is 25.1 Å². The van der Waals surface area contributed by atoms with Gasteiger partial charge in [-0.25, -0.2) is 0 Å². The molecule has 19 heavy (non-hydrogen) atoms. The summed E-state index contributed by atoms with van der Waals surface area (Å²) in [7, 11) is 0. The highest BCUT2D eigenvalue weighted by Crippen LogP contribution is 2.57. The molecule has 2 atom stereocenters. The minimum atomic E-state index is -0.695. The van der Waals surface area contributed by atoms with Crippen molar-refractivity contribution in [3.63, 3.8) is 0 Å². The van der Waals surface area contributed by atoms with Gasteiger partial charge in [0, 0.05) is 16.8 Å². The number of anilines is 1. The highest BCUT2D eigenvalue weighted by atomic mass is 16.5. The highest BCUT2D eigenvalue weighted by molar-refractivity contribution is 5.68. The summed E-state index contributed by atoms with van der Waals surface area (Å²) >= 11 is 0. The van der Waals surface area contributed by atoms with Gasteiger partial charge in [0.05, 0.1) is 0 Å². The number of hydrogen-bond donors (Lipinski definition) is 2. The van der Waals surface area contributed by atoms with Crippen LogP contribution in [0.2, 0.25) is 0 Å². The lowest BCUT2D eigenvalue weighted by atomic mass is 9.84. The zero-order valence-electron chi connectivity index (χ0n) is 11.0. The fraction of sp³-hybridized carbons (Fsp3) is 0.250. The van der Waals surface area contributed by atoms with Gasteiger partial charge in [-0.15, -0.1) is 0 Å². The molecule has 3 heteroatoms. The number of aryl methyl sites for hydroxylation is 1. The molecule has 0 spiro atoms. The van der Waals surface area contributed by atoms with E-state index in [-0.39, 0.29) is 0 Å². The van der Waals surface area contributed by atoms with Crippen LogP contribution < -0.4 is 15.8 Å². The molecule has 2 aromatic carbocycles. The maximum absolute atomic E-state index is 6.67. The average Bonchev–Trinajstić information content (AvgIpc) is 2.71. The molecule has 0 saturated carbocycles. The Labute approximate surface area is 112 Å². The van der Waals surface area contributed by atoms with Crippen LogP contribution in [0, 0.1) is 6.92 Å². The van der Waals surface area contributed by atoms with Crippen molar-refractivity contribution < 1.29 is 4.74 Å². The van der Waals surface area contributed by atoms with Gasteiger partial charge in [-0.1, -0.05) is 30.3 Å². The van der Waals surface area contributed by atoms with Crippen molar-refractivity contribution in [2.24, 2.45) is 5.73 Å². The van der Waals surface area contributed by atoms with Crippen LogP contribution >= 0.6 is 0 Å². The van der Waals surface area contributed by atoms with E-state index in [0.29, 0.717) is 0 Å². The topological polar surface area (TPSA) is 47.3 Å². The third-order valence-electron chi connectivity index (χ3n) is 4.40. The zero-order valence-corrected chi connectivity index (χ0v) is 11.0. The molecule has 2 aliphatic rings.